The van der Waals surface area contributed by atoms with E-state index in [1.807, 2.05) is 0 Å². The Morgan fingerprint density at radius 1 is 1.64 bits per heavy atom. The molecule has 2 heteroatoms. The monoisotopic (exact) mass is 153 g/mol. The summed E-state index contributed by atoms with van der Waals surface area (Å²) >= 11 is 0. The van der Waals surface area contributed by atoms with Gasteiger partial charge in [-0.3, -0.25) is 0 Å². The number of carbonyl (C=O) groups excluding carboxylic acids is 1. The van der Waals surface area contributed by atoms with Crippen LogP contribution in [0.2, 0.25) is 0 Å². The normalized spacial score (nSPS) is 43.2. The molecule has 1 saturated heterocycles. The van der Waals surface area contributed by atoms with E-state index in [0.717, 1.165) is 24.7 Å². The predicted molar refractivity (Wildman–Crippen MR) is 43.3 cm³/mol. The van der Waals surface area contributed by atoms with Gasteiger partial charge in [0.1, 0.15) is 6.29 Å². The number of piperidine rings is 1. The van der Waals surface area contributed by atoms with Gasteiger partial charge < -0.3 is 9.69 Å². The summed E-state index contributed by atoms with van der Waals surface area (Å²) in [5.74, 6) is 1.57. The lowest BCUT2D eigenvalue weighted by Crippen LogP contribution is -2.27. The zero-order valence-electron chi connectivity index (χ0n) is 6.99. The van der Waals surface area contributed by atoms with Gasteiger partial charge in [0.25, 0.3) is 0 Å². The highest BCUT2D eigenvalue weighted by atomic mass is 16.1. The zero-order valence-corrected chi connectivity index (χ0v) is 6.99. The second-order valence-corrected chi connectivity index (χ2v) is 3.84. The molecule has 0 aromatic rings. The van der Waals surface area contributed by atoms with Crippen LogP contribution in [0, 0.1) is 11.8 Å². The highest BCUT2D eigenvalue weighted by molar-refractivity contribution is 5.51. The Kier molecular flexibility index (Phi) is 1.72. The first kappa shape index (κ1) is 7.29. The summed E-state index contributed by atoms with van der Waals surface area (Å²) in [5, 5.41) is 0. The Bertz CT molecular complexity index is 169. The molecule has 1 saturated carbocycles. The number of likely N-dealkylation sites (tertiary alicyclic amines) is 1. The van der Waals surface area contributed by atoms with Gasteiger partial charge in [0, 0.05) is 12.5 Å². The molecule has 3 atom stereocenters. The second-order valence-electron chi connectivity index (χ2n) is 3.84. The van der Waals surface area contributed by atoms with Crippen molar-refractivity contribution in [2.75, 3.05) is 13.6 Å². The van der Waals surface area contributed by atoms with Crippen LogP contribution >= 0.6 is 0 Å². The Labute approximate surface area is 67.6 Å². The number of aldehydes is 1. The number of hydrogen-bond donors (Lipinski definition) is 0. The van der Waals surface area contributed by atoms with Gasteiger partial charge in [-0.25, -0.2) is 0 Å². The van der Waals surface area contributed by atoms with Crippen LogP contribution in [0.4, 0.5) is 0 Å². The van der Waals surface area contributed by atoms with Crippen LogP contribution in [-0.2, 0) is 4.79 Å². The van der Waals surface area contributed by atoms with E-state index in [4.69, 9.17) is 0 Å². The highest BCUT2D eigenvalue weighted by Gasteiger charge is 2.52. The van der Waals surface area contributed by atoms with Gasteiger partial charge in [0.2, 0.25) is 0 Å². The Morgan fingerprint density at radius 2 is 2.45 bits per heavy atom. The first-order valence-corrected chi connectivity index (χ1v) is 4.48. The highest BCUT2D eigenvalue weighted by Crippen LogP contribution is 2.50. The third-order valence-corrected chi connectivity index (χ3v) is 3.21. The summed E-state index contributed by atoms with van der Waals surface area (Å²) in [5.41, 5.74) is 0. The molecule has 1 aliphatic heterocycles. The average Bonchev–Trinajstić information content (AvgIpc) is 2.66. The standard InChI is InChI=1S/C9H15NO/c1-10-5-2-3-7-8(4-6-11)9(7)10/h6-9H,2-5H2,1H3. The van der Waals surface area contributed by atoms with Crippen molar-refractivity contribution in [2.24, 2.45) is 11.8 Å². The minimum atomic E-state index is 0.708. The SMILES string of the molecule is CN1CCCC2C(CC=O)C21. The maximum atomic E-state index is 10.3. The molecule has 0 N–H and O–H groups in total. The Morgan fingerprint density at radius 3 is 3.09 bits per heavy atom. The van der Waals surface area contributed by atoms with Crippen molar-refractivity contribution in [3.8, 4) is 0 Å². The number of rotatable bonds is 2. The molecule has 1 aliphatic carbocycles. The molecule has 0 aromatic heterocycles. The van der Waals surface area contributed by atoms with E-state index < -0.39 is 0 Å². The number of fused-ring (bicyclic) bond motifs is 1. The van der Waals surface area contributed by atoms with E-state index in [9.17, 15) is 4.79 Å². The fraction of sp³-hybridized carbons (Fsp3) is 0.889. The van der Waals surface area contributed by atoms with Gasteiger partial charge in [-0.2, -0.15) is 0 Å². The van der Waals surface area contributed by atoms with Gasteiger partial charge in [-0.15, -0.1) is 0 Å². The lowest BCUT2D eigenvalue weighted by atomic mass is 10.1. The van der Waals surface area contributed by atoms with E-state index in [-0.39, 0.29) is 0 Å². The van der Waals surface area contributed by atoms with Crippen LogP contribution in [0.3, 0.4) is 0 Å². The molecule has 2 nitrogen and oxygen atoms in total. The molecule has 0 amide bonds. The summed E-state index contributed by atoms with van der Waals surface area (Å²) in [6.07, 6.45) is 4.55. The van der Waals surface area contributed by atoms with Crippen molar-refractivity contribution in [1.82, 2.24) is 4.90 Å². The van der Waals surface area contributed by atoms with Crippen LogP contribution in [0.15, 0.2) is 0 Å². The second kappa shape index (κ2) is 2.59. The van der Waals surface area contributed by atoms with Gasteiger partial charge in [-0.05, 0) is 38.3 Å². The molecule has 62 valence electrons. The Balaban J connectivity index is 1.94. The zero-order chi connectivity index (χ0) is 7.84. The molecule has 2 rings (SSSR count). The lowest BCUT2D eigenvalue weighted by Gasteiger charge is -2.20. The first-order valence-electron chi connectivity index (χ1n) is 4.48. The minimum Gasteiger partial charge on any atom is -0.303 e. The van der Waals surface area contributed by atoms with Gasteiger partial charge in [-0.1, -0.05) is 0 Å². The first-order chi connectivity index (χ1) is 5.34. The summed E-state index contributed by atoms with van der Waals surface area (Å²) in [7, 11) is 2.18. The van der Waals surface area contributed by atoms with Gasteiger partial charge in [0.15, 0.2) is 0 Å². The topological polar surface area (TPSA) is 20.3 Å². The van der Waals surface area contributed by atoms with E-state index in [2.05, 4.69) is 11.9 Å². The maximum absolute atomic E-state index is 10.3. The molecule has 2 fully saturated rings. The van der Waals surface area contributed by atoms with Crippen molar-refractivity contribution in [1.29, 1.82) is 0 Å². The van der Waals surface area contributed by atoms with Crippen molar-refractivity contribution in [3.63, 3.8) is 0 Å². The molecular weight excluding hydrogens is 138 g/mol. The quantitative estimate of drug-likeness (QED) is 0.550. The average molecular weight is 153 g/mol. The van der Waals surface area contributed by atoms with Crippen molar-refractivity contribution in [2.45, 2.75) is 25.3 Å². The fourth-order valence-corrected chi connectivity index (χ4v) is 2.61. The number of carbonyl (C=O) groups is 1. The molecular formula is C9H15NO. The van der Waals surface area contributed by atoms with E-state index in [0.29, 0.717) is 5.92 Å². The molecule has 0 aromatic carbocycles. The molecule has 3 unspecified atom stereocenters. The molecule has 0 radical (unpaired) electrons. The van der Waals surface area contributed by atoms with Crippen molar-refractivity contribution < 1.29 is 4.79 Å². The number of hydrogen-bond acceptors (Lipinski definition) is 2. The molecule has 2 aliphatic rings. The molecule has 1 heterocycles. The van der Waals surface area contributed by atoms with E-state index in [1.165, 1.54) is 19.4 Å². The third-order valence-electron chi connectivity index (χ3n) is 3.21. The van der Waals surface area contributed by atoms with Crippen LogP contribution in [-0.4, -0.2) is 30.8 Å². The number of nitrogens with zero attached hydrogens (tertiary/aromatic N) is 1. The van der Waals surface area contributed by atoms with Gasteiger partial charge in [0.05, 0.1) is 0 Å². The summed E-state index contributed by atoms with van der Waals surface area (Å²) < 4.78 is 0. The summed E-state index contributed by atoms with van der Waals surface area (Å²) in [6, 6.07) is 0.758. The van der Waals surface area contributed by atoms with Crippen LogP contribution in [0.25, 0.3) is 0 Å². The van der Waals surface area contributed by atoms with Gasteiger partial charge >= 0.3 is 0 Å². The predicted octanol–water partition coefficient (Wildman–Crippen LogP) is 0.916. The largest absolute Gasteiger partial charge is 0.303 e. The third kappa shape index (κ3) is 1.09. The summed E-state index contributed by atoms with van der Waals surface area (Å²) in [6.45, 7) is 1.23. The smallest absolute Gasteiger partial charge is 0.120 e. The minimum absolute atomic E-state index is 0.708. The molecule has 0 spiro atoms. The Hall–Kier alpha value is -0.370. The lowest BCUT2D eigenvalue weighted by molar-refractivity contribution is -0.108. The molecule has 0 bridgehead atoms. The van der Waals surface area contributed by atoms with Crippen LogP contribution in [0.1, 0.15) is 19.3 Å². The van der Waals surface area contributed by atoms with E-state index >= 15 is 0 Å². The summed E-state index contributed by atoms with van der Waals surface area (Å²) in [4.78, 5) is 12.7. The van der Waals surface area contributed by atoms with Crippen LogP contribution < -0.4 is 0 Å². The van der Waals surface area contributed by atoms with Crippen LogP contribution in [0.5, 0.6) is 0 Å². The van der Waals surface area contributed by atoms with Crippen molar-refractivity contribution >= 4 is 6.29 Å². The maximum Gasteiger partial charge on any atom is 0.120 e. The van der Waals surface area contributed by atoms with E-state index in [1.54, 1.807) is 0 Å². The van der Waals surface area contributed by atoms with Crippen molar-refractivity contribution in [3.05, 3.63) is 0 Å². The fourth-order valence-electron chi connectivity index (χ4n) is 2.61. The molecule has 11 heavy (non-hydrogen) atoms.